The normalized spacial score (nSPS) is 11.1. The largest absolute Gasteiger partial charge is 0.445 e. The van der Waals surface area contributed by atoms with E-state index in [1.165, 1.54) is 27.8 Å². The fourth-order valence-corrected chi connectivity index (χ4v) is 2.54. The molecule has 0 aliphatic carbocycles. The van der Waals surface area contributed by atoms with E-state index in [4.69, 9.17) is 10.2 Å². The second-order valence-corrected chi connectivity index (χ2v) is 5.18. The van der Waals surface area contributed by atoms with Gasteiger partial charge in [0.2, 0.25) is 0 Å². The van der Waals surface area contributed by atoms with Crippen molar-refractivity contribution in [3.05, 3.63) is 40.0 Å². The Morgan fingerprint density at radius 2 is 1.63 bits per heavy atom. The maximum absolute atomic E-state index is 5.71. The zero-order valence-electron chi connectivity index (χ0n) is 12.4. The van der Waals surface area contributed by atoms with Crippen LogP contribution in [0.3, 0.4) is 0 Å². The van der Waals surface area contributed by atoms with Crippen molar-refractivity contribution < 1.29 is 4.42 Å². The highest BCUT2D eigenvalue weighted by Crippen LogP contribution is 2.33. The molecule has 0 spiro atoms. The third-order valence-corrected chi connectivity index (χ3v) is 3.78. The first-order chi connectivity index (χ1) is 8.95. The first-order valence-electron chi connectivity index (χ1n) is 6.69. The monoisotopic (exact) mass is 258 g/mol. The van der Waals surface area contributed by atoms with E-state index in [2.05, 4.69) is 38.7 Å². The van der Waals surface area contributed by atoms with E-state index in [9.17, 15) is 0 Å². The highest BCUT2D eigenvalue weighted by molar-refractivity contribution is 5.72. The number of nitrogens with two attached hydrogens (primary N) is 1. The van der Waals surface area contributed by atoms with Gasteiger partial charge in [-0.2, -0.15) is 0 Å². The molecule has 2 rings (SSSR count). The van der Waals surface area contributed by atoms with Crippen LogP contribution in [0.15, 0.2) is 10.5 Å². The van der Waals surface area contributed by atoms with Crippen molar-refractivity contribution in [1.29, 1.82) is 0 Å². The summed E-state index contributed by atoms with van der Waals surface area (Å²) in [5.41, 5.74) is 13.0. The van der Waals surface area contributed by atoms with Gasteiger partial charge in [-0.25, -0.2) is 4.98 Å². The quantitative estimate of drug-likeness (QED) is 0.918. The second-order valence-electron chi connectivity index (χ2n) is 5.18. The Bertz CT molecular complexity index is 585. The Hall–Kier alpha value is -1.61. The Kier molecular flexibility index (Phi) is 3.76. The SMILES string of the molecule is Cc1nc(-c2c(C)c(C)cc(C)c2C)c(CCN)o1. The maximum atomic E-state index is 5.71. The van der Waals surface area contributed by atoms with Crippen LogP contribution in [0.2, 0.25) is 0 Å². The molecule has 19 heavy (non-hydrogen) atoms. The van der Waals surface area contributed by atoms with Gasteiger partial charge in [-0.05, 0) is 56.5 Å². The summed E-state index contributed by atoms with van der Waals surface area (Å²) in [7, 11) is 0. The lowest BCUT2D eigenvalue weighted by molar-refractivity contribution is 0.476. The first-order valence-corrected chi connectivity index (χ1v) is 6.69. The molecule has 2 N–H and O–H groups in total. The van der Waals surface area contributed by atoms with Gasteiger partial charge in [0.25, 0.3) is 0 Å². The molecule has 0 saturated carbocycles. The van der Waals surface area contributed by atoms with Crippen molar-refractivity contribution in [2.75, 3.05) is 6.54 Å². The van der Waals surface area contributed by atoms with Crippen molar-refractivity contribution >= 4 is 0 Å². The summed E-state index contributed by atoms with van der Waals surface area (Å²) in [4.78, 5) is 4.58. The van der Waals surface area contributed by atoms with Crippen LogP contribution >= 0.6 is 0 Å². The summed E-state index contributed by atoms with van der Waals surface area (Å²) in [5.74, 6) is 1.60. The third-order valence-electron chi connectivity index (χ3n) is 3.78. The molecule has 0 aliphatic rings. The average Bonchev–Trinajstić information content (AvgIpc) is 2.69. The maximum Gasteiger partial charge on any atom is 0.191 e. The molecule has 0 aliphatic heterocycles. The van der Waals surface area contributed by atoms with Crippen molar-refractivity contribution in [2.45, 2.75) is 41.0 Å². The van der Waals surface area contributed by atoms with Crippen LogP contribution in [0.25, 0.3) is 11.3 Å². The molecule has 102 valence electrons. The van der Waals surface area contributed by atoms with Crippen molar-refractivity contribution in [1.82, 2.24) is 4.98 Å². The minimum absolute atomic E-state index is 0.574. The average molecular weight is 258 g/mol. The molecular weight excluding hydrogens is 236 g/mol. The molecule has 0 fully saturated rings. The van der Waals surface area contributed by atoms with Gasteiger partial charge in [0, 0.05) is 18.9 Å². The van der Waals surface area contributed by atoms with Crippen molar-refractivity contribution in [3.8, 4) is 11.3 Å². The predicted molar refractivity (Wildman–Crippen MR) is 78.4 cm³/mol. The minimum Gasteiger partial charge on any atom is -0.445 e. The van der Waals surface area contributed by atoms with E-state index < -0.39 is 0 Å². The Labute approximate surface area is 114 Å². The predicted octanol–water partition coefficient (Wildman–Crippen LogP) is 3.38. The lowest BCUT2D eigenvalue weighted by Gasteiger charge is -2.14. The van der Waals surface area contributed by atoms with Gasteiger partial charge < -0.3 is 10.2 Å². The lowest BCUT2D eigenvalue weighted by Crippen LogP contribution is -2.04. The van der Waals surface area contributed by atoms with Crippen molar-refractivity contribution in [3.63, 3.8) is 0 Å². The molecule has 3 heteroatoms. The number of aromatic nitrogens is 1. The minimum atomic E-state index is 0.574. The van der Waals surface area contributed by atoms with Crippen LogP contribution in [0.4, 0.5) is 0 Å². The van der Waals surface area contributed by atoms with Crippen LogP contribution in [-0.2, 0) is 6.42 Å². The molecule has 1 aromatic heterocycles. The van der Waals surface area contributed by atoms with Crippen LogP contribution in [0.1, 0.15) is 33.9 Å². The Balaban J connectivity index is 2.71. The summed E-state index contributed by atoms with van der Waals surface area (Å²) >= 11 is 0. The summed E-state index contributed by atoms with van der Waals surface area (Å²) in [6, 6.07) is 2.23. The van der Waals surface area contributed by atoms with Gasteiger partial charge in [0.1, 0.15) is 11.5 Å². The first kappa shape index (κ1) is 13.8. The van der Waals surface area contributed by atoms with E-state index in [1.54, 1.807) is 0 Å². The van der Waals surface area contributed by atoms with E-state index in [0.29, 0.717) is 12.4 Å². The molecule has 3 nitrogen and oxygen atoms in total. The molecule has 0 bridgehead atoms. The van der Waals surface area contributed by atoms with Gasteiger partial charge in [-0.3, -0.25) is 0 Å². The van der Waals surface area contributed by atoms with Crippen LogP contribution in [0.5, 0.6) is 0 Å². The van der Waals surface area contributed by atoms with Crippen LogP contribution < -0.4 is 5.73 Å². The number of oxazole rings is 1. The summed E-state index contributed by atoms with van der Waals surface area (Å²) in [5, 5.41) is 0. The van der Waals surface area contributed by atoms with Gasteiger partial charge in [-0.15, -0.1) is 0 Å². The summed E-state index contributed by atoms with van der Waals surface area (Å²) in [6.45, 7) is 11.0. The number of hydrogen-bond donors (Lipinski definition) is 1. The molecule has 1 aromatic carbocycles. The van der Waals surface area contributed by atoms with E-state index in [1.807, 2.05) is 6.92 Å². The standard InChI is InChI=1S/C16H22N2O/c1-9-8-10(2)12(4)15(11(9)3)16-14(6-7-17)19-13(5)18-16/h8H,6-7,17H2,1-5H3. The fourth-order valence-electron chi connectivity index (χ4n) is 2.54. The van der Waals surface area contributed by atoms with Gasteiger partial charge in [0.05, 0.1) is 0 Å². The lowest BCUT2D eigenvalue weighted by atomic mass is 9.91. The fraction of sp³-hybridized carbons (Fsp3) is 0.438. The van der Waals surface area contributed by atoms with E-state index in [-0.39, 0.29) is 0 Å². The Morgan fingerprint density at radius 1 is 1.05 bits per heavy atom. The number of nitrogens with zero attached hydrogens (tertiary/aromatic N) is 1. The number of aryl methyl sites for hydroxylation is 3. The zero-order chi connectivity index (χ0) is 14.2. The number of hydrogen-bond acceptors (Lipinski definition) is 3. The molecular formula is C16H22N2O. The molecule has 1 heterocycles. The highest BCUT2D eigenvalue weighted by atomic mass is 16.4. The second kappa shape index (κ2) is 5.17. The molecule has 0 atom stereocenters. The third kappa shape index (κ3) is 2.43. The topological polar surface area (TPSA) is 52.0 Å². The zero-order valence-corrected chi connectivity index (χ0v) is 12.4. The summed E-state index contributed by atoms with van der Waals surface area (Å²) in [6.07, 6.45) is 0.724. The molecule has 0 radical (unpaired) electrons. The highest BCUT2D eigenvalue weighted by Gasteiger charge is 2.18. The summed E-state index contributed by atoms with van der Waals surface area (Å²) < 4.78 is 5.71. The van der Waals surface area contributed by atoms with E-state index >= 15 is 0 Å². The van der Waals surface area contributed by atoms with Gasteiger partial charge in [-0.1, -0.05) is 6.07 Å². The number of rotatable bonds is 3. The molecule has 0 amide bonds. The van der Waals surface area contributed by atoms with Gasteiger partial charge >= 0.3 is 0 Å². The van der Waals surface area contributed by atoms with E-state index in [0.717, 1.165) is 17.9 Å². The Morgan fingerprint density at radius 3 is 2.16 bits per heavy atom. The smallest absolute Gasteiger partial charge is 0.191 e. The molecule has 2 aromatic rings. The van der Waals surface area contributed by atoms with Crippen LogP contribution in [-0.4, -0.2) is 11.5 Å². The molecule has 0 unspecified atom stereocenters. The van der Waals surface area contributed by atoms with Crippen LogP contribution in [0, 0.1) is 34.6 Å². The number of benzene rings is 1. The van der Waals surface area contributed by atoms with Gasteiger partial charge in [0.15, 0.2) is 5.89 Å². The molecule has 0 saturated heterocycles. The van der Waals surface area contributed by atoms with Crippen molar-refractivity contribution in [2.24, 2.45) is 5.73 Å².